The zero-order chi connectivity index (χ0) is 9.97. The van der Waals surface area contributed by atoms with Crippen LogP contribution in [0.1, 0.15) is 5.69 Å². The summed E-state index contributed by atoms with van der Waals surface area (Å²) in [6, 6.07) is 0. The predicted molar refractivity (Wildman–Crippen MR) is 54.7 cm³/mol. The van der Waals surface area contributed by atoms with Gasteiger partial charge < -0.3 is 0 Å². The largest absolute Gasteiger partial charge is 0.307 e. The molecule has 14 heavy (non-hydrogen) atoms. The SMILES string of the molecule is O=c1sccn1Cc1cnc(Cl)cn1. The van der Waals surface area contributed by atoms with Crippen LogP contribution in [-0.2, 0) is 6.54 Å². The third kappa shape index (κ3) is 2.00. The fourth-order valence-corrected chi connectivity index (χ4v) is 1.69. The number of hydrogen-bond donors (Lipinski definition) is 0. The molecule has 0 aliphatic carbocycles. The molecule has 0 aliphatic rings. The highest BCUT2D eigenvalue weighted by Crippen LogP contribution is 2.02. The van der Waals surface area contributed by atoms with Crippen molar-refractivity contribution in [1.29, 1.82) is 0 Å². The summed E-state index contributed by atoms with van der Waals surface area (Å²) in [5, 5.41) is 2.09. The van der Waals surface area contributed by atoms with Gasteiger partial charge in [0.25, 0.3) is 0 Å². The van der Waals surface area contributed by atoms with Crippen LogP contribution < -0.4 is 4.87 Å². The number of rotatable bonds is 2. The van der Waals surface area contributed by atoms with Crippen molar-refractivity contribution < 1.29 is 0 Å². The van der Waals surface area contributed by atoms with Gasteiger partial charge in [-0.1, -0.05) is 22.9 Å². The molecule has 0 N–H and O–H groups in total. The predicted octanol–water partition coefficient (Wildman–Crippen LogP) is 1.40. The Bertz CT molecular complexity index is 476. The molecule has 2 aromatic rings. The van der Waals surface area contributed by atoms with Crippen molar-refractivity contribution in [3.05, 3.63) is 44.5 Å². The lowest BCUT2D eigenvalue weighted by atomic mass is 10.4. The van der Waals surface area contributed by atoms with Gasteiger partial charge in [-0.15, -0.1) is 0 Å². The summed E-state index contributed by atoms with van der Waals surface area (Å²) in [6.45, 7) is 0.437. The van der Waals surface area contributed by atoms with Gasteiger partial charge in [-0.3, -0.25) is 14.3 Å². The van der Waals surface area contributed by atoms with Crippen LogP contribution in [0.2, 0.25) is 5.15 Å². The van der Waals surface area contributed by atoms with E-state index in [0.29, 0.717) is 11.7 Å². The highest BCUT2D eigenvalue weighted by Gasteiger charge is 2.00. The maximum Gasteiger partial charge on any atom is 0.307 e. The molecule has 0 bridgehead atoms. The quantitative estimate of drug-likeness (QED) is 0.779. The number of hydrogen-bond acceptors (Lipinski definition) is 4. The third-order valence-electron chi connectivity index (χ3n) is 1.65. The highest BCUT2D eigenvalue weighted by molar-refractivity contribution is 7.07. The maximum absolute atomic E-state index is 11.2. The van der Waals surface area contributed by atoms with E-state index in [9.17, 15) is 4.79 Å². The van der Waals surface area contributed by atoms with E-state index in [-0.39, 0.29) is 4.87 Å². The summed E-state index contributed by atoms with van der Waals surface area (Å²) in [7, 11) is 0. The molecule has 0 saturated carbocycles. The van der Waals surface area contributed by atoms with Crippen LogP contribution in [0.4, 0.5) is 0 Å². The van der Waals surface area contributed by atoms with E-state index in [2.05, 4.69) is 9.97 Å². The molecule has 2 aromatic heterocycles. The van der Waals surface area contributed by atoms with Crippen LogP contribution in [0, 0.1) is 0 Å². The zero-order valence-corrected chi connectivity index (χ0v) is 8.63. The van der Waals surface area contributed by atoms with E-state index in [1.165, 1.54) is 6.20 Å². The first-order chi connectivity index (χ1) is 6.75. The molecular weight excluding hydrogens is 222 g/mol. The molecule has 0 aliphatic heterocycles. The molecule has 6 heteroatoms. The summed E-state index contributed by atoms with van der Waals surface area (Å²) >= 11 is 6.74. The molecule has 0 spiro atoms. The van der Waals surface area contributed by atoms with Crippen molar-refractivity contribution >= 4 is 22.9 Å². The van der Waals surface area contributed by atoms with Gasteiger partial charge in [-0.25, -0.2) is 4.98 Å². The van der Waals surface area contributed by atoms with E-state index in [1.54, 1.807) is 22.3 Å². The van der Waals surface area contributed by atoms with E-state index in [1.807, 2.05) is 0 Å². The number of nitrogens with zero attached hydrogens (tertiary/aromatic N) is 3. The summed E-state index contributed by atoms with van der Waals surface area (Å²) in [5.74, 6) is 0. The lowest BCUT2D eigenvalue weighted by Gasteiger charge is -1.99. The molecule has 0 atom stereocenters. The van der Waals surface area contributed by atoms with Crippen molar-refractivity contribution in [2.24, 2.45) is 0 Å². The van der Waals surface area contributed by atoms with Gasteiger partial charge in [0.1, 0.15) is 5.15 Å². The summed E-state index contributed by atoms with van der Waals surface area (Å²) in [4.78, 5) is 19.1. The average molecular weight is 228 g/mol. The minimum Gasteiger partial charge on any atom is -0.300 e. The Labute approximate surface area is 88.8 Å². The molecule has 72 valence electrons. The fourth-order valence-electron chi connectivity index (χ4n) is 1.00. The third-order valence-corrected chi connectivity index (χ3v) is 2.54. The minimum absolute atomic E-state index is 0.00162. The molecule has 4 nitrogen and oxygen atoms in total. The van der Waals surface area contributed by atoms with Gasteiger partial charge >= 0.3 is 4.87 Å². The Kier molecular flexibility index (Phi) is 2.60. The van der Waals surface area contributed by atoms with Crippen molar-refractivity contribution in [2.75, 3.05) is 0 Å². The van der Waals surface area contributed by atoms with E-state index in [0.717, 1.165) is 17.0 Å². The molecule has 2 rings (SSSR count). The molecule has 0 aromatic carbocycles. The Morgan fingerprint density at radius 2 is 2.29 bits per heavy atom. The first-order valence-electron chi connectivity index (χ1n) is 3.86. The van der Waals surface area contributed by atoms with Crippen LogP contribution in [0.15, 0.2) is 28.8 Å². The van der Waals surface area contributed by atoms with Gasteiger partial charge in [0.05, 0.1) is 24.6 Å². The zero-order valence-electron chi connectivity index (χ0n) is 7.05. The van der Waals surface area contributed by atoms with Crippen LogP contribution >= 0.6 is 22.9 Å². The van der Waals surface area contributed by atoms with Crippen molar-refractivity contribution in [1.82, 2.24) is 14.5 Å². The standard InChI is InChI=1S/C8H6ClN3OS/c9-7-4-10-6(3-11-7)5-12-1-2-14-8(12)13/h1-4H,5H2. The van der Waals surface area contributed by atoms with E-state index in [4.69, 9.17) is 11.6 Å². The van der Waals surface area contributed by atoms with Gasteiger partial charge in [0.15, 0.2) is 0 Å². The second kappa shape index (κ2) is 3.89. The Hall–Kier alpha value is -1.20. The second-order valence-corrected chi connectivity index (χ2v) is 3.87. The first-order valence-corrected chi connectivity index (χ1v) is 5.12. The van der Waals surface area contributed by atoms with Gasteiger partial charge in [0, 0.05) is 11.6 Å². The topological polar surface area (TPSA) is 47.8 Å². The Morgan fingerprint density at radius 1 is 1.43 bits per heavy atom. The second-order valence-electron chi connectivity index (χ2n) is 2.63. The number of thiazole rings is 1. The fraction of sp³-hybridized carbons (Fsp3) is 0.125. The molecular formula is C8H6ClN3OS. The summed E-state index contributed by atoms with van der Waals surface area (Å²) < 4.78 is 1.57. The van der Waals surface area contributed by atoms with Crippen LogP contribution in [0.25, 0.3) is 0 Å². The molecule has 0 fully saturated rings. The smallest absolute Gasteiger partial charge is 0.300 e. The lowest BCUT2D eigenvalue weighted by Crippen LogP contribution is -2.13. The van der Waals surface area contributed by atoms with Crippen molar-refractivity contribution in [2.45, 2.75) is 6.54 Å². The molecule has 0 unspecified atom stereocenters. The van der Waals surface area contributed by atoms with E-state index >= 15 is 0 Å². The first kappa shape index (κ1) is 9.36. The van der Waals surface area contributed by atoms with Gasteiger partial charge in [-0.05, 0) is 0 Å². The van der Waals surface area contributed by atoms with Crippen molar-refractivity contribution in [3.8, 4) is 0 Å². The maximum atomic E-state index is 11.2. The number of halogens is 1. The lowest BCUT2D eigenvalue weighted by molar-refractivity contribution is 0.755. The molecule has 2 heterocycles. The van der Waals surface area contributed by atoms with Crippen LogP contribution in [-0.4, -0.2) is 14.5 Å². The Balaban J connectivity index is 2.23. The van der Waals surface area contributed by atoms with Gasteiger partial charge in [0.2, 0.25) is 0 Å². The van der Waals surface area contributed by atoms with Crippen LogP contribution in [0.5, 0.6) is 0 Å². The molecule has 0 radical (unpaired) electrons. The van der Waals surface area contributed by atoms with Crippen molar-refractivity contribution in [3.63, 3.8) is 0 Å². The monoisotopic (exact) mass is 227 g/mol. The highest BCUT2D eigenvalue weighted by atomic mass is 35.5. The number of aromatic nitrogens is 3. The van der Waals surface area contributed by atoms with Crippen LogP contribution in [0.3, 0.4) is 0 Å². The average Bonchev–Trinajstić information content (AvgIpc) is 2.56. The Morgan fingerprint density at radius 3 is 2.86 bits per heavy atom. The normalized spacial score (nSPS) is 10.4. The minimum atomic E-state index is 0.00162. The molecule has 0 saturated heterocycles. The summed E-state index contributed by atoms with van der Waals surface area (Å²) in [6.07, 6.45) is 4.75. The van der Waals surface area contributed by atoms with Gasteiger partial charge in [-0.2, -0.15) is 0 Å². The molecule has 0 amide bonds. The summed E-state index contributed by atoms with van der Waals surface area (Å²) in [5.41, 5.74) is 0.718. The van der Waals surface area contributed by atoms with E-state index < -0.39 is 0 Å².